The Morgan fingerprint density at radius 2 is 1.82 bits per heavy atom. The number of amides is 1. The fraction of sp³-hybridized carbons (Fsp3) is 0.0952. The lowest BCUT2D eigenvalue weighted by molar-refractivity contribution is 0.176. The first-order valence-corrected chi connectivity index (χ1v) is 8.33. The van der Waals surface area contributed by atoms with Gasteiger partial charge in [-0.3, -0.25) is 4.98 Å². The van der Waals surface area contributed by atoms with E-state index in [2.05, 4.69) is 27.1 Å². The molecule has 7 heteroatoms. The quantitative estimate of drug-likeness (QED) is 0.518. The minimum atomic E-state index is -0.641. The lowest BCUT2D eigenvalue weighted by Crippen LogP contribution is -2.19. The van der Waals surface area contributed by atoms with Crippen molar-refractivity contribution in [3.63, 3.8) is 0 Å². The van der Waals surface area contributed by atoms with Crippen LogP contribution < -0.4 is 5.32 Å². The van der Waals surface area contributed by atoms with E-state index in [9.17, 15) is 13.6 Å². The first kappa shape index (κ1) is 19.0. The van der Waals surface area contributed by atoms with Crippen molar-refractivity contribution in [2.24, 2.45) is 0 Å². The molecular weight excluding hydrogens is 364 g/mol. The molecule has 3 aromatic rings. The molecule has 0 bridgehead atoms. The van der Waals surface area contributed by atoms with E-state index in [-0.39, 0.29) is 18.0 Å². The molecule has 1 atom stereocenters. The third kappa shape index (κ3) is 5.35. The van der Waals surface area contributed by atoms with E-state index in [0.717, 1.165) is 5.56 Å². The zero-order valence-corrected chi connectivity index (χ0v) is 14.6. The van der Waals surface area contributed by atoms with E-state index in [0.29, 0.717) is 5.56 Å². The van der Waals surface area contributed by atoms with Gasteiger partial charge in [0.05, 0.1) is 6.04 Å². The lowest BCUT2D eigenvalue weighted by atomic mass is 10.1. The van der Waals surface area contributed by atoms with E-state index in [1.165, 1.54) is 18.3 Å². The van der Waals surface area contributed by atoms with Crippen LogP contribution in [0, 0.1) is 23.6 Å². The van der Waals surface area contributed by atoms with Crippen molar-refractivity contribution in [2.75, 3.05) is 6.61 Å². The van der Waals surface area contributed by atoms with Gasteiger partial charge in [-0.25, -0.2) is 14.2 Å². The van der Waals surface area contributed by atoms with Crippen LogP contribution in [-0.4, -0.2) is 22.7 Å². The number of halogens is 2. The van der Waals surface area contributed by atoms with Crippen molar-refractivity contribution < 1.29 is 18.3 Å². The van der Waals surface area contributed by atoms with Crippen molar-refractivity contribution in [1.29, 1.82) is 0 Å². The summed E-state index contributed by atoms with van der Waals surface area (Å²) in [6.07, 6.45) is 4.08. The normalized spacial score (nSPS) is 14.6. The summed E-state index contributed by atoms with van der Waals surface area (Å²) in [5.74, 6) is 4.98. The average molecular weight is 379 g/mol. The molecule has 0 saturated carbocycles. The van der Waals surface area contributed by atoms with E-state index >= 15 is 0 Å². The molecule has 1 aliphatic rings. The molecule has 1 aromatic carbocycles. The fourth-order valence-corrected chi connectivity index (χ4v) is 2.33. The van der Waals surface area contributed by atoms with Crippen molar-refractivity contribution >= 4 is 6.09 Å². The third-order valence-electron chi connectivity index (χ3n) is 3.66. The van der Waals surface area contributed by atoms with Gasteiger partial charge in [0.2, 0.25) is 5.95 Å². The van der Waals surface area contributed by atoms with E-state index in [4.69, 9.17) is 4.74 Å². The summed E-state index contributed by atoms with van der Waals surface area (Å²) in [4.78, 5) is 18.6. The second kappa shape index (κ2) is 9.24. The summed E-state index contributed by atoms with van der Waals surface area (Å²) < 4.78 is 30.4. The standard InChI is InChI=1S/C15H10FN3O2.C6H5F/c16-14-12(13-9-21-15(20)19-13)6-11(8-18-14)4-3-10-2-1-5-17-7-10;7-6-4-2-1-3-5-6/h1-2,5-8,13H,9H2,(H,19,20);1-5H/t13-;/m0./s1. The van der Waals surface area contributed by atoms with Crippen LogP contribution in [0.4, 0.5) is 13.6 Å². The second-order valence-electron chi connectivity index (χ2n) is 5.69. The summed E-state index contributed by atoms with van der Waals surface area (Å²) in [5.41, 5.74) is 1.57. The Bertz CT molecular complexity index is 1000. The molecule has 4 rings (SSSR count). The van der Waals surface area contributed by atoms with Gasteiger partial charge in [-0.1, -0.05) is 30.0 Å². The lowest BCUT2D eigenvalue weighted by Gasteiger charge is -2.08. The topological polar surface area (TPSA) is 64.1 Å². The highest BCUT2D eigenvalue weighted by atomic mass is 19.1. The number of alkyl carbamates (subject to hydrolysis) is 1. The summed E-state index contributed by atoms with van der Waals surface area (Å²) >= 11 is 0. The highest BCUT2D eigenvalue weighted by Crippen LogP contribution is 2.20. The van der Waals surface area contributed by atoms with Crippen molar-refractivity contribution in [2.45, 2.75) is 6.04 Å². The summed E-state index contributed by atoms with van der Waals surface area (Å²) in [6.45, 7) is 0.0803. The highest BCUT2D eigenvalue weighted by molar-refractivity contribution is 5.70. The van der Waals surface area contributed by atoms with Crippen molar-refractivity contribution in [1.82, 2.24) is 15.3 Å². The number of carbonyl (C=O) groups is 1. The molecule has 2 aromatic heterocycles. The van der Waals surface area contributed by atoms with E-state index < -0.39 is 18.1 Å². The second-order valence-corrected chi connectivity index (χ2v) is 5.69. The van der Waals surface area contributed by atoms with E-state index in [1.807, 2.05) is 6.07 Å². The average Bonchev–Trinajstić information content (AvgIpc) is 3.15. The van der Waals surface area contributed by atoms with E-state index in [1.54, 1.807) is 42.7 Å². The van der Waals surface area contributed by atoms with Gasteiger partial charge in [0.15, 0.2) is 0 Å². The van der Waals surface area contributed by atoms with Gasteiger partial charge in [-0.2, -0.15) is 4.39 Å². The monoisotopic (exact) mass is 379 g/mol. The molecular formula is C21H15F2N3O2. The van der Waals surface area contributed by atoms with Gasteiger partial charge in [0.25, 0.3) is 0 Å². The van der Waals surface area contributed by atoms with Crippen LogP contribution in [0.5, 0.6) is 0 Å². The Balaban J connectivity index is 0.000000271. The minimum absolute atomic E-state index is 0.0803. The van der Waals surface area contributed by atoms with Gasteiger partial charge >= 0.3 is 6.09 Å². The predicted molar refractivity (Wildman–Crippen MR) is 98.0 cm³/mol. The molecule has 0 radical (unpaired) electrons. The third-order valence-corrected chi connectivity index (χ3v) is 3.66. The molecule has 1 saturated heterocycles. The van der Waals surface area contributed by atoms with Gasteiger partial charge < -0.3 is 10.1 Å². The van der Waals surface area contributed by atoms with Gasteiger partial charge in [-0.05, 0) is 30.3 Å². The number of carbonyl (C=O) groups excluding carboxylic acids is 1. The molecule has 0 aliphatic carbocycles. The van der Waals surface area contributed by atoms with Crippen molar-refractivity contribution in [3.05, 3.63) is 95.6 Å². The number of nitrogens with one attached hydrogen (secondary N) is 1. The number of ether oxygens (including phenoxy) is 1. The largest absolute Gasteiger partial charge is 0.447 e. The maximum Gasteiger partial charge on any atom is 0.407 e. The minimum Gasteiger partial charge on any atom is -0.447 e. The first-order chi connectivity index (χ1) is 13.6. The molecule has 1 fully saturated rings. The Hall–Kier alpha value is -3.79. The first-order valence-electron chi connectivity index (χ1n) is 8.33. The zero-order valence-electron chi connectivity index (χ0n) is 14.6. The van der Waals surface area contributed by atoms with Crippen molar-refractivity contribution in [3.8, 4) is 11.8 Å². The summed E-state index contributed by atoms with van der Waals surface area (Å²) in [5, 5.41) is 2.51. The molecule has 140 valence electrons. The molecule has 0 unspecified atom stereocenters. The maximum atomic E-state index is 13.7. The number of hydrogen-bond acceptors (Lipinski definition) is 4. The Kier molecular flexibility index (Phi) is 6.26. The summed E-state index contributed by atoms with van der Waals surface area (Å²) in [7, 11) is 0. The van der Waals surface area contributed by atoms with Crippen LogP contribution in [0.2, 0.25) is 0 Å². The number of nitrogens with zero attached hydrogens (tertiary/aromatic N) is 2. The molecule has 5 nitrogen and oxygen atoms in total. The number of aromatic nitrogens is 2. The highest BCUT2D eigenvalue weighted by Gasteiger charge is 2.26. The fourth-order valence-electron chi connectivity index (χ4n) is 2.33. The Labute approximate surface area is 160 Å². The number of hydrogen-bond donors (Lipinski definition) is 1. The molecule has 1 aliphatic heterocycles. The Morgan fingerprint density at radius 3 is 2.43 bits per heavy atom. The number of cyclic esters (lactones) is 1. The van der Waals surface area contributed by atoms with Crippen LogP contribution in [0.25, 0.3) is 0 Å². The predicted octanol–water partition coefficient (Wildman–Crippen LogP) is 3.62. The van der Waals surface area contributed by atoms with Crippen LogP contribution in [0.15, 0.2) is 67.1 Å². The number of rotatable bonds is 1. The van der Waals surface area contributed by atoms with Gasteiger partial charge in [0, 0.05) is 35.3 Å². The van der Waals surface area contributed by atoms with Crippen LogP contribution in [0.3, 0.4) is 0 Å². The smallest absolute Gasteiger partial charge is 0.407 e. The summed E-state index contributed by atoms with van der Waals surface area (Å²) in [6, 6.07) is 12.6. The molecule has 1 amide bonds. The number of benzene rings is 1. The van der Waals surface area contributed by atoms with Gasteiger partial charge in [0.1, 0.15) is 12.4 Å². The van der Waals surface area contributed by atoms with Crippen LogP contribution >= 0.6 is 0 Å². The Morgan fingerprint density at radius 1 is 1.04 bits per heavy atom. The number of pyridine rings is 2. The molecule has 28 heavy (non-hydrogen) atoms. The zero-order chi connectivity index (χ0) is 19.8. The SMILES string of the molecule is Fc1ccccc1.O=C1N[C@H](c2cc(C#Cc3cccnc3)cnc2F)CO1. The molecule has 3 heterocycles. The van der Waals surface area contributed by atoms with Crippen LogP contribution in [0.1, 0.15) is 22.7 Å². The maximum absolute atomic E-state index is 13.7. The molecule has 0 spiro atoms. The van der Waals surface area contributed by atoms with Crippen LogP contribution in [-0.2, 0) is 4.74 Å². The molecule has 1 N–H and O–H groups in total. The van der Waals surface area contributed by atoms with Gasteiger partial charge in [-0.15, -0.1) is 0 Å².